The molecule has 1 fully saturated rings. The lowest BCUT2D eigenvalue weighted by Crippen LogP contribution is -2.30. The van der Waals surface area contributed by atoms with Gasteiger partial charge in [0.15, 0.2) is 5.16 Å². The van der Waals surface area contributed by atoms with Crippen LogP contribution in [0.3, 0.4) is 0 Å². The molecule has 0 radical (unpaired) electrons. The van der Waals surface area contributed by atoms with Gasteiger partial charge >= 0.3 is 0 Å². The van der Waals surface area contributed by atoms with Crippen molar-refractivity contribution in [2.45, 2.75) is 55.5 Å². The van der Waals surface area contributed by atoms with Crippen LogP contribution in [0.5, 0.6) is 0 Å². The predicted octanol–water partition coefficient (Wildman–Crippen LogP) is 3.52. The topological polar surface area (TPSA) is 78.0 Å². The molecular formula is C17H20ClN3O2S. The first-order chi connectivity index (χ1) is 11.5. The van der Waals surface area contributed by atoms with E-state index in [0.717, 1.165) is 25.7 Å². The molecule has 0 unspecified atom stereocenters. The van der Waals surface area contributed by atoms with Crippen LogP contribution in [0, 0.1) is 0 Å². The van der Waals surface area contributed by atoms with Gasteiger partial charge in [0.1, 0.15) is 0 Å². The average Bonchev–Trinajstić information content (AvgIpc) is 2.55. The summed E-state index contributed by atoms with van der Waals surface area (Å²) in [7, 11) is 0. The third-order valence-electron chi connectivity index (χ3n) is 4.45. The molecule has 1 saturated carbocycles. The SMILES string of the molecule is C[C@@H](Sc1nc2cc(Cl)ccc2c(=O)n1C1CCCCC1)C(N)=O. The van der Waals surface area contributed by atoms with Crippen LogP contribution in [-0.2, 0) is 4.79 Å². The highest BCUT2D eigenvalue weighted by molar-refractivity contribution is 8.00. The van der Waals surface area contributed by atoms with Crippen LogP contribution in [0.15, 0.2) is 28.2 Å². The molecule has 0 spiro atoms. The van der Waals surface area contributed by atoms with Crippen LogP contribution in [0.4, 0.5) is 0 Å². The molecule has 24 heavy (non-hydrogen) atoms. The smallest absolute Gasteiger partial charge is 0.262 e. The molecule has 5 nitrogen and oxygen atoms in total. The molecule has 3 rings (SSSR count). The minimum absolute atomic E-state index is 0.0669. The van der Waals surface area contributed by atoms with Crippen LogP contribution < -0.4 is 11.3 Å². The highest BCUT2D eigenvalue weighted by Crippen LogP contribution is 2.32. The van der Waals surface area contributed by atoms with Gasteiger partial charge < -0.3 is 5.73 Å². The lowest BCUT2D eigenvalue weighted by Gasteiger charge is -2.26. The fraction of sp³-hybridized carbons (Fsp3) is 0.471. The van der Waals surface area contributed by atoms with E-state index in [4.69, 9.17) is 17.3 Å². The zero-order valence-corrected chi connectivity index (χ0v) is 15.1. The van der Waals surface area contributed by atoms with Gasteiger partial charge in [-0.05, 0) is 38.0 Å². The summed E-state index contributed by atoms with van der Waals surface area (Å²) in [5.74, 6) is -0.421. The van der Waals surface area contributed by atoms with E-state index < -0.39 is 11.2 Å². The summed E-state index contributed by atoms with van der Waals surface area (Å²) in [6.07, 6.45) is 5.32. The second-order valence-corrected chi connectivity index (χ2v) is 7.93. The maximum atomic E-state index is 13.1. The van der Waals surface area contributed by atoms with Gasteiger partial charge in [0.25, 0.3) is 5.56 Å². The molecule has 0 bridgehead atoms. The monoisotopic (exact) mass is 365 g/mol. The van der Waals surface area contributed by atoms with Gasteiger partial charge in [-0.3, -0.25) is 14.2 Å². The molecule has 0 saturated heterocycles. The fourth-order valence-electron chi connectivity index (χ4n) is 3.11. The van der Waals surface area contributed by atoms with Crippen LogP contribution in [-0.4, -0.2) is 20.7 Å². The Hall–Kier alpha value is -1.53. The van der Waals surface area contributed by atoms with E-state index >= 15 is 0 Å². The molecule has 1 aromatic carbocycles. The molecule has 1 heterocycles. The highest BCUT2D eigenvalue weighted by Gasteiger charge is 2.24. The number of nitrogens with two attached hydrogens (primary N) is 1. The Morgan fingerprint density at radius 1 is 1.38 bits per heavy atom. The zero-order valence-electron chi connectivity index (χ0n) is 13.5. The summed E-state index contributed by atoms with van der Waals surface area (Å²) in [4.78, 5) is 29.1. The number of hydrogen-bond acceptors (Lipinski definition) is 4. The number of rotatable bonds is 4. The van der Waals surface area contributed by atoms with E-state index in [0.29, 0.717) is 21.1 Å². The summed E-state index contributed by atoms with van der Waals surface area (Å²) in [6, 6.07) is 5.24. The second kappa shape index (κ2) is 7.15. The van der Waals surface area contributed by atoms with Crippen molar-refractivity contribution in [3.8, 4) is 0 Å². The molecular weight excluding hydrogens is 346 g/mol. The summed E-state index contributed by atoms with van der Waals surface area (Å²) in [6.45, 7) is 1.73. The van der Waals surface area contributed by atoms with Gasteiger partial charge in [0.2, 0.25) is 5.91 Å². The third kappa shape index (κ3) is 3.44. The number of benzene rings is 1. The number of nitrogens with zero attached hydrogens (tertiary/aromatic N) is 2. The molecule has 128 valence electrons. The van der Waals surface area contributed by atoms with E-state index in [9.17, 15) is 9.59 Å². The van der Waals surface area contributed by atoms with Gasteiger partial charge in [-0.2, -0.15) is 0 Å². The Balaban J connectivity index is 2.17. The molecule has 1 atom stereocenters. The van der Waals surface area contributed by atoms with Crippen molar-refractivity contribution in [2.24, 2.45) is 5.73 Å². The number of carbonyl (C=O) groups is 1. The van der Waals surface area contributed by atoms with Crippen LogP contribution in [0.2, 0.25) is 5.02 Å². The van der Waals surface area contributed by atoms with E-state index in [1.165, 1.54) is 18.2 Å². The maximum absolute atomic E-state index is 13.1. The Kier molecular flexibility index (Phi) is 5.15. The minimum atomic E-state index is -0.455. The first-order valence-electron chi connectivity index (χ1n) is 8.15. The van der Waals surface area contributed by atoms with Crippen LogP contribution in [0.1, 0.15) is 45.1 Å². The number of amides is 1. The average molecular weight is 366 g/mol. The van der Waals surface area contributed by atoms with Crippen molar-refractivity contribution in [1.82, 2.24) is 9.55 Å². The van der Waals surface area contributed by atoms with E-state index in [1.54, 1.807) is 29.7 Å². The summed E-state index contributed by atoms with van der Waals surface area (Å²) in [5.41, 5.74) is 5.88. The van der Waals surface area contributed by atoms with Crippen LogP contribution in [0.25, 0.3) is 10.9 Å². The number of aromatic nitrogens is 2. The van der Waals surface area contributed by atoms with Crippen molar-refractivity contribution in [2.75, 3.05) is 0 Å². The van der Waals surface area contributed by atoms with Gasteiger partial charge in [0.05, 0.1) is 16.2 Å². The molecule has 0 aliphatic heterocycles. The van der Waals surface area contributed by atoms with Gasteiger partial charge in [0, 0.05) is 11.1 Å². The van der Waals surface area contributed by atoms with Crippen molar-refractivity contribution in [3.05, 3.63) is 33.6 Å². The molecule has 7 heteroatoms. The van der Waals surface area contributed by atoms with Crippen molar-refractivity contribution in [3.63, 3.8) is 0 Å². The number of carbonyl (C=O) groups excluding carboxylic acids is 1. The maximum Gasteiger partial charge on any atom is 0.262 e. The lowest BCUT2D eigenvalue weighted by atomic mass is 9.95. The molecule has 2 N–H and O–H groups in total. The molecule has 1 aliphatic carbocycles. The fourth-order valence-corrected chi connectivity index (χ4v) is 4.21. The quantitative estimate of drug-likeness (QED) is 0.664. The van der Waals surface area contributed by atoms with Gasteiger partial charge in [-0.15, -0.1) is 0 Å². The van der Waals surface area contributed by atoms with E-state index in [-0.39, 0.29) is 11.6 Å². The molecule has 1 amide bonds. The first-order valence-corrected chi connectivity index (χ1v) is 9.41. The number of thioether (sulfide) groups is 1. The number of hydrogen-bond donors (Lipinski definition) is 1. The number of fused-ring (bicyclic) bond motifs is 1. The van der Waals surface area contributed by atoms with E-state index in [2.05, 4.69) is 4.98 Å². The standard InChI is InChI=1S/C17H20ClN3O2S/c1-10(15(19)22)24-17-20-14-9-11(18)7-8-13(14)16(23)21(17)12-5-3-2-4-6-12/h7-10,12H,2-6H2,1H3,(H2,19,22)/t10-/m1/s1. The Morgan fingerprint density at radius 2 is 2.08 bits per heavy atom. The van der Waals surface area contributed by atoms with Crippen molar-refractivity contribution >= 4 is 40.2 Å². The molecule has 2 aromatic rings. The first kappa shape index (κ1) is 17.3. The zero-order chi connectivity index (χ0) is 17.3. The summed E-state index contributed by atoms with van der Waals surface area (Å²) < 4.78 is 1.76. The second-order valence-electron chi connectivity index (χ2n) is 6.19. The third-order valence-corrected chi connectivity index (χ3v) is 5.77. The van der Waals surface area contributed by atoms with Gasteiger partial charge in [-0.25, -0.2) is 4.98 Å². The molecule has 1 aromatic heterocycles. The summed E-state index contributed by atoms with van der Waals surface area (Å²) >= 11 is 7.28. The Morgan fingerprint density at radius 3 is 2.75 bits per heavy atom. The van der Waals surface area contributed by atoms with E-state index in [1.807, 2.05) is 0 Å². The Bertz CT molecular complexity index is 830. The Labute approximate surface area is 149 Å². The summed E-state index contributed by atoms with van der Waals surface area (Å²) in [5, 5.41) is 1.18. The predicted molar refractivity (Wildman–Crippen MR) is 97.6 cm³/mol. The van der Waals surface area contributed by atoms with Crippen molar-refractivity contribution < 1.29 is 4.79 Å². The highest BCUT2D eigenvalue weighted by atomic mass is 35.5. The van der Waals surface area contributed by atoms with Crippen molar-refractivity contribution in [1.29, 1.82) is 0 Å². The van der Waals surface area contributed by atoms with Gasteiger partial charge in [-0.1, -0.05) is 42.6 Å². The minimum Gasteiger partial charge on any atom is -0.369 e. The molecule has 1 aliphatic rings. The largest absolute Gasteiger partial charge is 0.369 e. The van der Waals surface area contributed by atoms with Crippen LogP contribution >= 0.6 is 23.4 Å². The number of primary amides is 1. The normalized spacial score (nSPS) is 17.1. The number of halogens is 1. The lowest BCUT2D eigenvalue weighted by molar-refractivity contribution is -0.117.